The van der Waals surface area contributed by atoms with E-state index in [0.29, 0.717) is 30.5 Å². The van der Waals surface area contributed by atoms with Crippen LogP contribution in [0.1, 0.15) is 78.1 Å². The Balaban J connectivity index is 0.00000242. The fraction of sp³-hybridized carbons (Fsp3) is 0.944. The third-order valence-corrected chi connectivity index (χ3v) is 5.05. The van der Waals surface area contributed by atoms with Crippen LogP contribution in [0.3, 0.4) is 0 Å². The maximum absolute atomic E-state index is 12.8. The van der Waals surface area contributed by atoms with Gasteiger partial charge >= 0.3 is 0 Å². The minimum absolute atomic E-state index is 0. The SMILES string of the molecule is CC(C)CNCC(=O)N(C1CCCCC1)C1CCCCC1.Cl. The summed E-state index contributed by atoms with van der Waals surface area (Å²) in [4.78, 5) is 15.1. The molecule has 2 rings (SSSR count). The fourth-order valence-electron chi connectivity index (χ4n) is 3.98. The van der Waals surface area contributed by atoms with Crippen molar-refractivity contribution in [2.24, 2.45) is 5.92 Å². The number of nitrogens with zero attached hydrogens (tertiary/aromatic N) is 1. The molecule has 1 N–H and O–H groups in total. The Morgan fingerprint density at radius 2 is 1.41 bits per heavy atom. The first-order chi connectivity index (χ1) is 10.2. The molecule has 0 atom stereocenters. The Kier molecular flexibility index (Phi) is 9.42. The lowest BCUT2D eigenvalue weighted by Gasteiger charge is -2.42. The van der Waals surface area contributed by atoms with Crippen LogP contribution in [0.2, 0.25) is 0 Å². The van der Waals surface area contributed by atoms with Gasteiger partial charge in [-0.3, -0.25) is 4.79 Å². The van der Waals surface area contributed by atoms with E-state index in [0.717, 1.165) is 6.54 Å². The molecule has 0 saturated heterocycles. The fourth-order valence-corrected chi connectivity index (χ4v) is 3.98. The molecular formula is C18H35ClN2O. The van der Waals surface area contributed by atoms with Gasteiger partial charge in [-0.1, -0.05) is 52.4 Å². The highest BCUT2D eigenvalue weighted by molar-refractivity contribution is 5.85. The van der Waals surface area contributed by atoms with E-state index in [1.165, 1.54) is 64.2 Å². The highest BCUT2D eigenvalue weighted by Gasteiger charge is 2.31. The van der Waals surface area contributed by atoms with Crippen LogP contribution in [0.25, 0.3) is 0 Å². The van der Waals surface area contributed by atoms with Gasteiger partial charge in [-0.05, 0) is 38.1 Å². The van der Waals surface area contributed by atoms with E-state index in [4.69, 9.17) is 0 Å². The van der Waals surface area contributed by atoms with Crippen molar-refractivity contribution < 1.29 is 4.79 Å². The molecule has 4 heteroatoms. The number of rotatable bonds is 6. The summed E-state index contributed by atoms with van der Waals surface area (Å²) in [5.41, 5.74) is 0. The summed E-state index contributed by atoms with van der Waals surface area (Å²) in [6, 6.07) is 1.05. The van der Waals surface area contributed by atoms with E-state index in [1.54, 1.807) is 0 Å². The predicted octanol–water partition coefficient (Wildman–Crippen LogP) is 4.15. The molecule has 0 radical (unpaired) electrons. The third kappa shape index (κ3) is 6.08. The summed E-state index contributed by atoms with van der Waals surface area (Å²) in [5.74, 6) is 0.963. The number of halogens is 1. The van der Waals surface area contributed by atoms with Gasteiger partial charge in [0, 0.05) is 12.1 Å². The summed E-state index contributed by atoms with van der Waals surface area (Å²) < 4.78 is 0. The van der Waals surface area contributed by atoms with E-state index in [1.807, 2.05) is 0 Å². The Labute approximate surface area is 143 Å². The molecule has 130 valence electrons. The normalized spacial score (nSPS) is 20.7. The summed E-state index contributed by atoms with van der Waals surface area (Å²) in [5, 5.41) is 3.35. The number of carbonyl (C=O) groups excluding carboxylic acids is 1. The Bertz CT molecular complexity index is 292. The molecule has 0 unspecified atom stereocenters. The van der Waals surface area contributed by atoms with Crippen molar-refractivity contribution in [3.8, 4) is 0 Å². The molecule has 0 spiro atoms. The van der Waals surface area contributed by atoms with Crippen LogP contribution in [-0.2, 0) is 4.79 Å². The zero-order chi connectivity index (χ0) is 15.1. The van der Waals surface area contributed by atoms with Gasteiger partial charge in [-0.25, -0.2) is 0 Å². The molecule has 2 aliphatic carbocycles. The van der Waals surface area contributed by atoms with Crippen LogP contribution in [-0.4, -0.2) is 36.0 Å². The minimum Gasteiger partial charge on any atom is -0.336 e. The molecule has 1 amide bonds. The molecule has 0 aromatic heterocycles. The van der Waals surface area contributed by atoms with E-state index in [9.17, 15) is 4.79 Å². The van der Waals surface area contributed by atoms with Gasteiger partial charge in [-0.2, -0.15) is 0 Å². The predicted molar refractivity (Wildman–Crippen MR) is 95.5 cm³/mol. The Morgan fingerprint density at radius 1 is 0.955 bits per heavy atom. The smallest absolute Gasteiger partial charge is 0.237 e. The summed E-state index contributed by atoms with van der Waals surface area (Å²) >= 11 is 0. The first-order valence-electron chi connectivity index (χ1n) is 9.20. The molecule has 0 aromatic carbocycles. The molecular weight excluding hydrogens is 296 g/mol. The van der Waals surface area contributed by atoms with E-state index in [2.05, 4.69) is 24.1 Å². The van der Waals surface area contributed by atoms with Crippen molar-refractivity contribution >= 4 is 18.3 Å². The van der Waals surface area contributed by atoms with Gasteiger partial charge in [0.15, 0.2) is 0 Å². The lowest BCUT2D eigenvalue weighted by Crippen LogP contribution is -2.51. The molecule has 0 bridgehead atoms. The highest BCUT2D eigenvalue weighted by Crippen LogP contribution is 2.30. The van der Waals surface area contributed by atoms with Gasteiger partial charge in [-0.15, -0.1) is 12.4 Å². The first kappa shape index (κ1) is 19.8. The summed E-state index contributed by atoms with van der Waals surface area (Å²) in [6.45, 7) is 5.86. The molecule has 0 aliphatic heterocycles. The molecule has 0 heterocycles. The number of hydrogen-bond donors (Lipinski definition) is 1. The lowest BCUT2D eigenvalue weighted by molar-refractivity contribution is -0.137. The van der Waals surface area contributed by atoms with Crippen molar-refractivity contribution in [1.29, 1.82) is 0 Å². The second kappa shape index (κ2) is 10.5. The van der Waals surface area contributed by atoms with Crippen LogP contribution < -0.4 is 5.32 Å². The maximum Gasteiger partial charge on any atom is 0.237 e. The number of amides is 1. The molecule has 3 nitrogen and oxygen atoms in total. The Morgan fingerprint density at radius 3 is 1.82 bits per heavy atom. The van der Waals surface area contributed by atoms with Crippen LogP contribution in [0.5, 0.6) is 0 Å². The monoisotopic (exact) mass is 330 g/mol. The van der Waals surface area contributed by atoms with Crippen LogP contribution >= 0.6 is 12.4 Å². The summed E-state index contributed by atoms with van der Waals surface area (Å²) in [7, 11) is 0. The first-order valence-corrected chi connectivity index (χ1v) is 9.20. The van der Waals surface area contributed by atoms with Crippen molar-refractivity contribution in [2.45, 2.75) is 90.1 Å². The topological polar surface area (TPSA) is 32.3 Å². The van der Waals surface area contributed by atoms with Crippen molar-refractivity contribution in [3.05, 3.63) is 0 Å². The van der Waals surface area contributed by atoms with Gasteiger partial charge in [0.2, 0.25) is 5.91 Å². The van der Waals surface area contributed by atoms with Gasteiger partial charge in [0.05, 0.1) is 6.54 Å². The summed E-state index contributed by atoms with van der Waals surface area (Å²) in [6.07, 6.45) is 12.9. The van der Waals surface area contributed by atoms with Gasteiger partial charge in [0.1, 0.15) is 0 Å². The average molecular weight is 331 g/mol. The highest BCUT2D eigenvalue weighted by atomic mass is 35.5. The van der Waals surface area contributed by atoms with E-state index in [-0.39, 0.29) is 12.4 Å². The van der Waals surface area contributed by atoms with Crippen molar-refractivity contribution in [2.75, 3.05) is 13.1 Å². The minimum atomic E-state index is 0. The zero-order valence-electron chi connectivity index (χ0n) is 14.5. The van der Waals surface area contributed by atoms with Gasteiger partial charge < -0.3 is 10.2 Å². The molecule has 2 saturated carbocycles. The molecule has 2 aliphatic rings. The third-order valence-electron chi connectivity index (χ3n) is 5.05. The second-order valence-corrected chi connectivity index (χ2v) is 7.41. The molecule has 2 fully saturated rings. The largest absolute Gasteiger partial charge is 0.336 e. The van der Waals surface area contributed by atoms with Crippen LogP contribution in [0.4, 0.5) is 0 Å². The van der Waals surface area contributed by atoms with Crippen LogP contribution in [0, 0.1) is 5.92 Å². The second-order valence-electron chi connectivity index (χ2n) is 7.41. The van der Waals surface area contributed by atoms with E-state index < -0.39 is 0 Å². The quantitative estimate of drug-likeness (QED) is 0.793. The number of carbonyl (C=O) groups is 1. The molecule has 22 heavy (non-hydrogen) atoms. The van der Waals surface area contributed by atoms with Gasteiger partial charge in [0.25, 0.3) is 0 Å². The number of nitrogens with one attached hydrogen (secondary N) is 1. The molecule has 0 aromatic rings. The van der Waals surface area contributed by atoms with Crippen molar-refractivity contribution in [3.63, 3.8) is 0 Å². The Hall–Kier alpha value is -0.280. The van der Waals surface area contributed by atoms with E-state index >= 15 is 0 Å². The average Bonchev–Trinajstić information content (AvgIpc) is 2.49. The zero-order valence-corrected chi connectivity index (χ0v) is 15.3. The van der Waals surface area contributed by atoms with Crippen LogP contribution in [0.15, 0.2) is 0 Å². The number of hydrogen-bond acceptors (Lipinski definition) is 2. The standard InChI is InChI=1S/C18H34N2O.ClH/c1-15(2)13-19-14-18(21)20(16-9-5-3-6-10-16)17-11-7-4-8-12-17;/h15-17,19H,3-14H2,1-2H3;1H. The lowest BCUT2D eigenvalue weighted by atomic mass is 9.88. The maximum atomic E-state index is 12.8. The van der Waals surface area contributed by atoms with Crippen molar-refractivity contribution in [1.82, 2.24) is 10.2 Å².